The summed E-state index contributed by atoms with van der Waals surface area (Å²) in [6.45, 7) is 1.67. The fraction of sp³-hybridized carbons (Fsp3) is 0.194. The molecule has 0 aliphatic carbocycles. The molecular formula is C31H32N2O4. The molecule has 0 unspecified atom stereocenters. The maximum absolute atomic E-state index is 12.4. The van der Waals surface area contributed by atoms with E-state index < -0.39 is 0 Å². The lowest BCUT2D eigenvalue weighted by atomic mass is 10.1. The summed E-state index contributed by atoms with van der Waals surface area (Å²) in [5, 5.41) is 6.04. The molecular weight excluding hydrogens is 464 g/mol. The number of carbonyl (C=O) groups is 1. The summed E-state index contributed by atoms with van der Waals surface area (Å²) in [6.07, 6.45) is 1.90. The van der Waals surface area contributed by atoms with Crippen LogP contribution in [0.2, 0.25) is 0 Å². The molecule has 37 heavy (non-hydrogen) atoms. The van der Waals surface area contributed by atoms with Gasteiger partial charge in [-0.05, 0) is 66.9 Å². The zero-order valence-electron chi connectivity index (χ0n) is 20.8. The first-order valence-electron chi connectivity index (χ1n) is 12.5. The Bertz CT molecular complexity index is 1210. The average Bonchev–Trinajstić information content (AvgIpc) is 2.94. The van der Waals surface area contributed by atoms with E-state index in [0.29, 0.717) is 25.5 Å². The number of nitrogens with one attached hydrogen (secondary N) is 2. The molecule has 4 rings (SSSR count). The van der Waals surface area contributed by atoms with E-state index in [9.17, 15) is 4.79 Å². The molecule has 0 heterocycles. The predicted octanol–water partition coefficient (Wildman–Crippen LogP) is 6.21. The van der Waals surface area contributed by atoms with Gasteiger partial charge in [-0.3, -0.25) is 4.79 Å². The lowest BCUT2D eigenvalue weighted by molar-refractivity contribution is -0.114. The highest BCUT2D eigenvalue weighted by molar-refractivity contribution is 5.93. The Morgan fingerprint density at radius 1 is 0.595 bits per heavy atom. The van der Waals surface area contributed by atoms with Gasteiger partial charge in [0.05, 0.1) is 13.2 Å². The van der Waals surface area contributed by atoms with Crippen molar-refractivity contribution in [3.63, 3.8) is 0 Å². The van der Waals surface area contributed by atoms with Crippen LogP contribution in [0.3, 0.4) is 0 Å². The SMILES string of the molecule is O=C(CNc1ccc(OCCOc2ccccc2)cc1)Nc1cccc(OCCCc2ccccc2)c1. The number of anilines is 2. The molecule has 4 aromatic rings. The zero-order chi connectivity index (χ0) is 25.5. The molecule has 0 aliphatic heterocycles. The van der Waals surface area contributed by atoms with Crippen molar-refractivity contribution in [2.75, 3.05) is 37.0 Å². The molecule has 6 heteroatoms. The van der Waals surface area contributed by atoms with E-state index in [1.807, 2.05) is 97.1 Å². The average molecular weight is 497 g/mol. The largest absolute Gasteiger partial charge is 0.494 e. The van der Waals surface area contributed by atoms with Gasteiger partial charge in [0.15, 0.2) is 0 Å². The molecule has 0 radical (unpaired) electrons. The summed E-state index contributed by atoms with van der Waals surface area (Å²) in [6, 6.07) is 34.9. The van der Waals surface area contributed by atoms with Crippen LogP contribution in [0.15, 0.2) is 109 Å². The minimum atomic E-state index is -0.139. The van der Waals surface area contributed by atoms with Crippen LogP contribution in [0.4, 0.5) is 11.4 Å². The van der Waals surface area contributed by atoms with Gasteiger partial charge in [0.2, 0.25) is 5.91 Å². The molecule has 6 nitrogen and oxygen atoms in total. The van der Waals surface area contributed by atoms with Crippen molar-refractivity contribution in [3.8, 4) is 17.2 Å². The quantitative estimate of drug-likeness (QED) is 0.203. The van der Waals surface area contributed by atoms with Crippen molar-refractivity contribution in [1.29, 1.82) is 0 Å². The molecule has 0 spiro atoms. The summed E-state index contributed by atoms with van der Waals surface area (Å²) >= 11 is 0. The normalized spacial score (nSPS) is 10.4. The summed E-state index contributed by atoms with van der Waals surface area (Å²) in [7, 11) is 0. The van der Waals surface area contributed by atoms with Gasteiger partial charge in [-0.25, -0.2) is 0 Å². The summed E-state index contributed by atoms with van der Waals surface area (Å²) in [5.41, 5.74) is 2.84. The van der Waals surface area contributed by atoms with Gasteiger partial charge in [-0.15, -0.1) is 0 Å². The van der Waals surface area contributed by atoms with Gasteiger partial charge in [0.25, 0.3) is 0 Å². The summed E-state index contributed by atoms with van der Waals surface area (Å²) in [4.78, 5) is 12.4. The number of hydrogen-bond donors (Lipinski definition) is 2. The summed E-state index contributed by atoms with van der Waals surface area (Å²) < 4.78 is 17.2. The molecule has 1 amide bonds. The topological polar surface area (TPSA) is 68.8 Å². The number of hydrogen-bond acceptors (Lipinski definition) is 5. The molecule has 0 aliphatic rings. The van der Waals surface area contributed by atoms with E-state index in [1.54, 1.807) is 0 Å². The molecule has 0 bridgehead atoms. The fourth-order valence-electron chi connectivity index (χ4n) is 3.67. The Hall–Kier alpha value is -4.45. The van der Waals surface area contributed by atoms with E-state index in [2.05, 4.69) is 22.8 Å². The standard InChI is InChI=1S/C31H32N2O4/c34-31(33-27-12-7-15-30(23-27)35-20-8-11-25-9-3-1-4-10-25)24-32-26-16-18-29(19-17-26)37-22-21-36-28-13-5-2-6-14-28/h1-7,9-10,12-19,23,32H,8,11,20-22,24H2,(H,33,34). The molecule has 0 saturated heterocycles. The highest BCUT2D eigenvalue weighted by atomic mass is 16.5. The minimum Gasteiger partial charge on any atom is -0.494 e. The van der Waals surface area contributed by atoms with Crippen molar-refractivity contribution < 1.29 is 19.0 Å². The molecule has 190 valence electrons. The number of para-hydroxylation sites is 1. The lowest BCUT2D eigenvalue weighted by Crippen LogP contribution is -2.21. The lowest BCUT2D eigenvalue weighted by Gasteiger charge is -2.11. The van der Waals surface area contributed by atoms with E-state index in [0.717, 1.165) is 35.8 Å². The smallest absolute Gasteiger partial charge is 0.243 e. The summed E-state index contributed by atoms with van der Waals surface area (Å²) in [5.74, 6) is 2.16. The highest BCUT2D eigenvalue weighted by Crippen LogP contribution is 2.19. The first-order chi connectivity index (χ1) is 18.2. The Morgan fingerprint density at radius 2 is 1.22 bits per heavy atom. The Kier molecular flexibility index (Phi) is 9.83. The van der Waals surface area contributed by atoms with E-state index in [-0.39, 0.29) is 12.5 Å². The van der Waals surface area contributed by atoms with Crippen LogP contribution in [0.5, 0.6) is 17.2 Å². The zero-order valence-corrected chi connectivity index (χ0v) is 20.8. The second-order valence-electron chi connectivity index (χ2n) is 8.40. The molecule has 0 saturated carbocycles. The van der Waals surface area contributed by atoms with Crippen molar-refractivity contribution in [1.82, 2.24) is 0 Å². The predicted molar refractivity (Wildman–Crippen MR) is 148 cm³/mol. The number of benzene rings is 4. The van der Waals surface area contributed by atoms with Gasteiger partial charge in [0.1, 0.15) is 30.5 Å². The van der Waals surface area contributed by atoms with Gasteiger partial charge in [0, 0.05) is 17.4 Å². The van der Waals surface area contributed by atoms with Crippen LogP contribution in [-0.4, -0.2) is 32.3 Å². The van der Waals surface area contributed by atoms with Crippen molar-refractivity contribution in [3.05, 3.63) is 115 Å². The van der Waals surface area contributed by atoms with Gasteiger partial charge in [-0.2, -0.15) is 0 Å². The van der Waals surface area contributed by atoms with E-state index in [1.165, 1.54) is 5.56 Å². The van der Waals surface area contributed by atoms with Crippen LogP contribution >= 0.6 is 0 Å². The molecule has 2 N–H and O–H groups in total. The second-order valence-corrected chi connectivity index (χ2v) is 8.40. The monoisotopic (exact) mass is 496 g/mol. The van der Waals surface area contributed by atoms with Gasteiger partial charge < -0.3 is 24.8 Å². The number of amides is 1. The van der Waals surface area contributed by atoms with Crippen LogP contribution in [0.1, 0.15) is 12.0 Å². The number of carbonyl (C=O) groups excluding carboxylic acids is 1. The highest BCUT2D eigenvalue weighted by Gasteiger charge is 2.05. The Balaban J connectivity index is 1.13. The molecule has 0 atom stereocenters. The third-order valence-corrected chi connectivity index (χ3v) is 5.51. The second kappa shape index (κ2) is 14.2. The maximum Gasteiger partial charge on any atom is 0.243 e. The van der Waals surface area contributed by atoms with Crippen molar-refractivity contribution in [2.24, 2.45) is 0 Å². The van der Waals surface area contributed by atoms with Crippen LogP contribution in [-0.2, 0) is 11.2 Å². The fourth-order valence-corrected chi connectivity index (χ4v) is 3.67. The Labute approximate surface area is 218 Å². The van der Waals surface area contributed by atoms with E-state index >= 15 is 0 Å². The first-order valence-corrected chi connectivity index (χ1v) is 12.5. The van der Waals surface area contributed by atoms with Gasteiger partial charge in [-0.1, -0.05) is 54.6 Å². The minimum absolute atomic E-state index is 0.139. The third-order valence-electron chi connectivity index (χ3n) is 5.51. The number of rotatable bonds is 14. The number of ether oxygens (including phenoxy) is 3. The maximum atomic E-state index is 12.4. The van der Waals surface area contributed by atoms with E-state index in [4.69, 9.17) is 14.2 Å². The number of aryl methyl sites for hydroxylation is 1. The van der Waals surface area contributed by atoms with Crippen molar-refractivity contribution >= 4 is 17.3 Å². The molecule has 0 aromatic heterocycles. The van der Waals surface area contributed by atoms with Crippen LogP contribution < -0.4 is 24.8 Å². The van der Waals surface area contributed by atoms with Crippen LogP contribution in [0, 0.1) is 0 Å². The van der Waals surface area contributed by atoms with Gasteiger partial charge >= 0.3 is 0 Å². The van der Waals surface area contributed by atoms with Crippen LogP contribution in [0.25, 0.3) is 0 Å². The van der Waals surface area contributed by atoms with Crippen molar-refractivity contribution in [2.45, 2.75) is 12.8 Å². The first kappa shape index (κ1) is 25.6. The molecule has 4 aromatic carbocycles. The Morgan fingerprint density at radius 3 is 1.95 bits per heavy atom. The third kappa shape index (κ3) is 9.26. The molecule has 0 fully saturated rings.